The number of nitrogens with zero attached hydrogens (tertiary/aromatic N) is 1. The lowest BCUT2D eigenvalue weighted by Crippen LogP contribution is -2.46. The molecule has 0 radical (unpaired) electrons. The van der Waals surface area contributed by atoms with Crippen LogP contribution in [-0.4, -0.2) is 30.9 Å². The zero-order valence-corrected chi connectivity index (χ0v) is 22.0. The van der Waals surface area contributed by atoms with E-state index in [1.165, 1.54) is 40.5 Å². The van der Waals surface area contributed by atoms with Crippen molar-refractivity contribution in [2.45, 2.75) is 38.5 Å². The Morgan fingerprint density at radius 2 is 1.74 bits per heavy atom. The first-order chi connectivity index (χ1) is 18.4. The fourth-order valence-corrected chi connectivity index (χ4v) is 6.31. The molecule has 2 aliphatic rings. The fourth-order valence-electron chi connectivity index (χ4n) is 5.44. The summed E-state index contributed by atoms with van der Waals surface area (Å²) in [6.45, 7) is 4.30. The Morgan fingerprint density at radius 1 is 1.00 bits per heavy atom. The summed E-state index contributed by atoms with van der Waals surface area (Å²) in [4.78, 5) is 43.6. The molecule has 6 nitrogen and oxygen atoms in total. The molecule has 1 amide bonds. The van der Waals surface area contributed by atoms with Crippen LogP contribution < -0.4 is 9.64 Å². The van der Waals surface area contributed by atoms with Gasteiger partial charge in [-0.05, 0) is 73.7 Å². The van der Waals surface area contributed by atoms with Crippen molar-refractivity contribution in [2.75, 3.05) is 18.1 Å². The number of thiophene rings is 1. The van der Waals surface area contributed by atoms with Crippen LogP contribution in [0.1, 0.15) is 49.0 Å². The molecule has 0 fully saturated rings. The van der Waals surface area contributed by atoms with Crippen LogP contribution in [0, 0.1) is 11.7 Å². The van der Waals surface area contributed by atoms with Crippen LogP contribution in [0.2, 0.25) is 0 Å². The lowest BCUT2D eigenvalue weighted by molar-refractivity contribution is -0.152. The highest BCUT2D eigenvalue weighted by atomic mass is 32.1. The molecule has 0 N–H and O–H groups in total. The van der Waals surface area contributed by atoms with Crippen molar-refractivity contribution < 1.29 is 28.2 Å². The molecule has 3 aromatic rings. The molecule has 8 heteroatoms. The van der Waals surface area contributed by atoms with Gasteiger partial charge in [-0.2, -0.15) is 0 Å². The van der Waals surface area contributed by atoms with E-state index in [2.05, 4.69) is 0 Å². The average molecular weight is 534 g/mol. The Hall–Kier alpha value is -3.78. The first-order valence-corrected chi connectivity index (χ1v) is 13.6. The summed E-state index contributed by atoms with van der Waals surface area (Å²) >= 11 is 1.46. The molecule has 196 valence electrons. The summed E-state index contributed by atoms with van der Waals surface area (Å²) in [6, 6.07) is 16.8. The number of rotatable bonds is 7. The van der Waals surface area contributed by atoms with Gasteiger partial charge in [-0.1, -0.05) is 18.2 Å². The number of Topliss-reactive ketones (excluding diaryl/α,β-unsaturated/α-hetero) is 1. The quantitative estimate of drug-likeness (QED) is 0.275. The summed E-state index contributed by atoms with van der Waals surface area (Å²) in [5.74, 6) is -2.83. The summed E-state index contributed by atoms with van der Waals surface area (Å²) in [6.07, 6.45) is 0.330. The predicted molar refractivity (Wildman–Crippen MR) is 143 cm³/mol. The van der Waals surface area contributed by atoms with Crippen molar-refractivity contribution >= 4 is 34.7 Å². The third-order valence-electron chi connectivity index (χ3n) is 7.05. The largest absolute Gasteiger partial charge is 0.494 e. The van der Waals surface area contributed by atoms with E-state index in [0.717, 1.165) is 10.4 Å². The van der Waals surface area contributed by atoms with Crippen molar-refractivity contribution in [3.05, 3.63) is 93.6 Å². The molecule has 2 heterocycles. The number of anilines is 1. The number of carbonyl (C=O) groups excluding carboxylic acids is 3. The minimum Gasteiger partial charge on any atom is -0.494 e. The smallest absolute Gasteiger partial charge is 0.317 e. The summed E-state index contributed by atoms with van der Waals surface area (Å²) in [7, 11) is 0. The number of hydrogen-bond acceptors (Lipinski definition) is 6. The lowest BCUT2D eigenvalue weighted by atomic mass is 9.69. The van der Waals surface area contributed by atoms with Gasteiger partial charge in [-0.25, -0.2) is 4.39 Å². The first-order valence-electron chi connectivity index (χ1n) is 12.7. The molecule has 3 atom stereocenters. The summed E-state index contributed by atoms with van der Waals surface area (Å²) in [5.41, 5.74) is 2.26. The van der Waals surface area contributed by atoms with E-state index in [9.17, 15) is 18.8 Å². The highest BCUT2D eigenvalue weighted by Gasteiger charge is 2.50. The van der Waals surface area contributed by atoms with Crippen molar-refractivity contribution in [3.8, 4) is 5.75 Å². The number of halogens is 1. The van der Waals surface area contributed by atoms with Gasteiger partial charge in [0.05, 0.1) is 13.2 Å². The molecule has 0 saturated heterocycles. The maximum absolute atomic E-state index is 14.3. The van der Waals surface area contributed by atoms with E-state index in [0.29, 0.717) is 35.7 Å². The van der Waals surface area contributed by atoms with Crippen molar-refractivity contribution in [2.24, 2.45) is 5.92 Å². The van der Waals surface area contributed by atoms with Crippen LogP contribution in [0.25, 0.3) is 0 Å². The Balaban J connectivity index is 1.68. The maximum atomic E-state index is 14.3. The molecule has 5 rings (SSSR count). The van der Waals surface area contributed by atoms with Gasteiger partial charge in [0, 0.05) is 40.1 Å². The Kier molecular flexibility index (Phi) is 7.42. The minimum atomic E-state index is -1.01. The number of ether oxygens (including phenoxy) is 2. The number of esters is 1. The van der Waals surface area contributed by atoms with Gasteiger partial charge in [0.25, 0.3) is 0 Å². The van der Waals surface area contributed by atoms with E-state index >= 15 is 0 Å². The monoisotopic (exact) mass is 533 g/mol. The standard InChI is InChI=1S/C30H28FNO5S/c1-3-36-21-13-7-18(8-14-21)22-17-26(33)32(20-11-9-19(31)10-12-20)24-16-23(25-6-5-15-38-25)28(29(34)27(22)24)30(35)37-4-2/h5-15,22-23,28H,3-4,16-17H2,1-2H3. The molecule has 1 aliphatic carbocycles. The molecule has 0 spiro atoms. The first kappa shape index (κ1) is 25.9. The second kappa shape index (κ2) is 10.9. The third-order valence-corrected chi connectivity index (χ3v) is 8.05. The number of ketones is 1. The molecule has 0 bridgehead atoms. The second-order valence-corrected chi connectivity index (χ2v) is 10.2. The summed E-state index contributed by atoms with van der Waals surface area (Å²) in [5, 5.41) is 1.90. The van der Waals surface area contributed by atoms with Gasteiger partial charge >= 0.3 is 5.97 Å². The SMILES string of the molecule is CCOC(=O)C1C(=O)C2=C(CC1c1cccs1)N(c1ccc(F)cc1)C(=O)CC2c1ccc(OCC)cc1. The van der Waals surface area contributed by atoms with Gasteiger partial charge in [-0.15, -0.1) is 11.3 Å². The number of benzene rings is 2. The average Bonchev–Trinajstić information content (AvgIpc) is 3.45. The van der Waals surface area contributed by atoms with Gasteiger partial charge in [0.15, 0.2) is 5.78 Å². The van der Waals surface area contributed by atoms with Crippen LogP contribution in [0.5, 0.6) is 5.75 Å². The van der Waals surface area contributed by atoms with Gasteiger partial charge in [-0.3, -0.25) is 19.3 Å². The fraction of sp³-hybridized carbons (Fsp3) is 0.300. The van der Waals surface area contributed by atoms with Crippen molar-refractivity contribution in [1.29, 1.82) is 0 Å². The summed E-state index contributed by atoms with van der Waals surface area (Å²) < 4.78 is 24.7. The lowest BCUT2D eigenvalue weighted by Gasteiger charge is -2.42. The van der Waals surface area contributed by atoms with E-state index in [1.807, 2.05) is 48.7 Å². The normalized spacial score (nSPS) is 21.3. The van der Waals surface area contributed by atoms with Crippen LogP contribution in [0.3, 0.4) is 0 Å². The predicted octanol–water partition coefficient (Wildman–Crippen LogP) is 6.00. The van der Waals surface area contributed by atoms with E-state index < -0.39 is 29.5 Å². The Labute approximate surface area is 224 Å². The zero-order chi connectivity index (χ0) is 26.8. The minimum absolute atomic E-state index is 0.0369. The van der Waals surface area contributed by atoms with Crippen LogP contribution in [0.4, 0.5) is 10.1 Å². The van der Waals surface area contributed by atoms with E-state index in [1.54, 1.807) is 6.92 Å². The molecular weight excluding hydrogens is 505 g/mol. The van der Waals surface area contributed by atoms with Crippen LogP contribution in [0.15, 0.2) is 77.3 Å². The molecular formula is C30H28FNO5S. The molecule has 2 aromatic carbocycles. The van der Waals surface area contributed by atoms with E-state index in [4.69, 9.17) is 9.47 Å². The number of hydrogen-bond donors (Lipinski definition) is 0. The topological polar surface area (TPSA) is 72.9 Å². The van der Waals surface area contributed by atoms with Crippen LogP contribution in [-0.2, 0) is 19.1 Å². The Morgan fingerprint density at radius 3 is 2.37 bits per heavy atom. The van der Waals surface area contributed by atoms with Gasteiger partial charge in [0.2, 0.25) is 5.91 Å². The number of allylic oxidation sites excluding steroid dienone is 2. The second-order valence-electron chi connectivity index (χ2n) is 9.24. The highest BCUT2D eigenvalue weighted by Crippen LogP contribution is 2.50. The molecule has 1 aromatic heterocycles. The Bertz CT molecular complexity index is 1360. The highest BCUT2D eigenvalue weighted by molar-refractivity contribution is 7.10. The van der Waals surface area contributed by atoms with Gasteiger partial charge in [0.1, 0.15) is 17.5 Å². The maximum Gasteiger partial charge on any atom is 0.317 e. The molecule has 1 aliphatic heterocycles. The van der Waals surface area contributed by atoms with Crippen molar-refractivity contribution in [3.63, 3.8) is 0 Å². The molecule has 0 saturated carbocycles. The number of carbonyl (C=O) groups is 3. The third kappa shape index (κ3) is 4.76. The van der Waals surface area contributed by atoms with E-state index in [-0.39, 0.29) is 24.7 Å². The zero-order valence-electron chi connectivity index (χ0n) is 21.2. The molecule has 3 unspecified atom stereocenters. The molecule has 38 heavy (non-hydrogen) atoms. The van der Waals surface area contributed by atoms with Crippen molar-refractivity contribution in [1.82, 2.24) is 0 Å². The van der Waals surface area contributed by atoms with Crippen LogP contribution >= 0.6 is 11.3 Å². The number of amides is 1. The van der Waals surface area contributed by atoms with Gasteiger partial charge < -0.3 is 9.47 Å².